The maximum Gasteiger partial charge on any atom is 0.290 e. The van der Waals surface area contributed by atoms with Crippen molar-refractivity contribution >= 4 is 5.91 Å². The van der Waals surface area contributed by atoms with E-state index in [2.05, 4.69) is 10.5 Å². The Kier molecular flexibility index (Phi) is 5.37. The Morgan fingerprint density at radius 2 is 1.81 bits per heavy atom. The molecule has 3 rings (SSSR count). The zero-order valence-electron chi connectivity index (χ0n) is 15.1. The number of amides is 1. The summed E-state index contributed by atoms with van der Waals surface area (Å²) in [6.07, 6.45) is 0.0979. The zero-order valence-corrected chi connectivity index (χ0v) is 15.1. The van der Waals surface area contributed by atoms with E-state index >= 15 is 0 Å². The van der Waals surface area contributed by atoms with Gasteiger partial charge in [-0.15, -0.1) is 0 Å². The number of benzene rings is 2. The molecule has 1 unspecified atom stereocenters. The number of ether oxygens (including phenoxy) is 1. The van der Waals surface area contributed by atoms with Gasteiger partial charge < -0.3 is 14.6 Å². The van der Waals surface area contributed by atoms with Gasteiger partial charge in [0.1, 0.15) is 11.4 Å². The van der Waals surface area contributed by atoms with Crippen molar-refractivity contribution in [1.82, 2.24) is 10.5 Å². The van der Waals surface area contributed by atoms with Gasteiger partial charge in [-0.1, -0.05) is 47.6 Å². The first-order valence-electron chi connectivity index (χ1n) is 8.62. The van der Waals surface area contributed by atoms with Crippen LogP contribution in [-0.4, -0.2) is 17.2 Å². The smallest absolute Gasteiger partial charge is 0.290 e. The summed E-state index contributed by atoms with van der Waals surface area (Å²) in [6.45, 7) is 5.87. The highest BCUT2D eigenvalue weighted by Gasteiger charge is 2.17. The lowest BCUT2D eigenvalue weighted by Gasteiger charge is -2.15. The minimum Gasteiger partial charge on any atom is -0.491 e. The van der Waals surface area contributed by atoms with E-state index in [1.165, 1.54) is 0 Å². The standard InChI is InChI=1S/C21H22N2O3/c1-14(2)25-18-11-7-10-17(12-18)15(3)22-21(24)20-13-19(23-26-20)16-8-5-4-6-9-16/h4-15H,1-3H3,(H,22,24). The van der Waals surface area contributed by atoms with Crippen molar-refractivity contribution in [3.8, 4) is 17.0 Å². The fraction of sp³-hybridized carbons (Fsp3) is 0.238. The number of carbonyl (C=O) groups excluding carboxylic acids is 1. The van der Waals surface area contributed by atoms with Crippen molar-refractivity contribution in [3.05, 3.63) is 72.0 Å². The molecule has 0 spiro atoms. The molecule has 26 heavy (non-hydrogen) atoms. The van der Waals surface area contributed by atoms with Crippen LogP contribution in [0.5, 0.6) is 5.75 Å². The van der Waals surface area contributed by atoms with Gasteiger partial charge in [-0.05, 0) is 38.5 Å². The Balaban J connectivity index is 1.69. The summed E-state index contributed by atoms with van der Waals surface area (Å²) in [7, 11) is 0. The summed E-state index contributed by atoms with van der Waals surface area (Å²) < 4.78 is 10.9. The molecule has 0 saturated heterocycles. The molecule has 1 heterocycles. The van der Waals surface area contributed by atoms with Gasteiger partial charge in [0.05, 0.1) is 12.1 Å². The third-order valence-electron chi connectivity index (χ3n) is 3.88. The average molecular weight is 350 g/mol. The summed E-state index contributed by atoms with van der Waals surface area (Å²) >= 11 is 0. The lowest BCUT2D eigenvalue weighted by Crippen LogP contribution is -2.26. The molecule has 134 valence electrons. The highest BCUT2D eigenvalue weighted by Crippen LogP contribution is 2.22. The normalized spacial score (nSPS) is 12.0. The van der Waals surface area contributed by atoms with E-state index in [9.17, 15) is 4.79 Å². The minimum atomic E-state index is -0.303. The zero-order chi connectivity index (χ0) is 18.5. The first-order chi connectivity index (χ1) is 12.5. The number of nitrogens with one attached hydrogen (secondary N) is 1. The van der Waals surface area contributed by atoms with Crippen LogP contribution >= 0.6 is 0 Å². The van der Waals surface area contributed by atoms with Crippen molar-refractivity contribution in [2.75, 3.05) is 0 Å². The Bertz CT molecular complexity index is 872. The molecule has 5 nitrogen and oxygen atoms in total. The number of nitrogens with zero attached hydrogens (tertiary/aromatic N) is 1. The van der Waals surface area contributed by atoms with Crippen LogP contribution in [0.4, 0.5) is 0 Å². The third kappa shape index (κ3) is 4.30. The molecule has 0 radical (unpaired) electrons. The van der Waals surface area contributed by atoms with Gasteiger partial charge in [-0.2, -0.15) is 0 Å². The Morgan fingerprint density at radius 1 is 1.04 bits per heavy atom. The van der Waals surface area contributed by atoms with Gasteiger partial charge in [0.25, 0.3) is 5.91 Å². The van der Waals surface area contributed by atoms with Crippen LogP contribution in [0.25, 0.3) is 11.3 Å². The van der Waals surface area contributed by atoms with Crippen LogP contribution in [0, 0.1) is 0 Å². The Hall–Kier alpha value is -3.08. The molecular weight excluding hydrogens is 328 g/mol. The predicted molar refractivity (Wildman–Crippen MR) is 100 cm³/mol. The molecule has 1 aromatic heterocycles. The van der Waals surface area contributed by atoms with E-state index in [0.29, 0.717) is 5.69 Å². The van der Waals surface area contributed by atoms with E-state index in [1.54, 1.807) is 6.07 Å². The number of rotatable bonds is 6. The quantitative estimate of drug-likeness (QED) is 0.704. The molecule has 2 aromatic carbocycles. The van der Waals surface area contributed by atoms with Gasteiger partial charge in [0.15, 0.2) is 0 Å². The topological polar surface area (TPSA) is 64.4 Å². The van der Waals surface area contributed by atoms with Gasteiger partial charge >= 0.3 is 0 Å². The van der Waals surface area contributed by atoms with Crippen LogP contribution in [0.3, 0.4) is 0 Å². The maximum absolute atomic E-state index is 12.5. The molecule has 0 saturated carbocycles. The molecule has 0 fully saturated rings. The van der Waals surface area contributed by atoms with Crippen molar-refractivity contribution in [2.24, 2.45) is 0 Å². The van der Waals surface area contributed by atoms with E-state index in [4.69, 9.17) is 9.26 Å². The molecule has 0 aliphatic heterocycles. The molecule has 5 heteroatoms. The van der Waals surface area contributed by atoms with E-state index in [-0.39, 0.29) is 23.8 Å². The van der Waals surface area contributed by atoms with E-state index in [0.717, 1.165) is 16.9 Å². The van der Waals surface area contributed by atoms with Crippen LogP contribution < -0.4 is 10.1 Å². The number of aromatic nitrogens is 1. The van der Waals surface area contributed by atoms with Crippen LogP contribution in [0.1, 0.15) is 42.9 Å². The fourth-order valence-electron chi connectivity index (χ4n) is 2.61. The summed E-state index contributed by atoms with van der Waals surface area (Å²) in [4.78, 5) is 12.5. The lowest BCUT2D eigenvalue weighted by molar-refractivity contribution is 0.0902. The van der Waals surface area contributed by atoms with Gasteiger partial charge in [0.2, 0.25) is 5.76 Å². The van der Waals surface area contributed by atoms with Gasteiger partial charge in [-0.25, -0.2) is 0 Å². The second kappa shape index (κ2) is 7.87. The van der Waals surface area contributed by atoms with Crippen LogP contribution in [0.15, 0.2) is 65.2 Å². The Labute approximate surface area is 153 Å². The Morgan fingerprint density at radius 3 is 2.54 bits per heavy atom. The highest BCUT2D eigenvalue weighted by molar-refractivity contribution is 5.92. The van der Waals surface area contributed by atoms with Crippen LogP contribution in [0.2, 0.25) is 0 Å². The molecule has 0 aliphatic rings. The third-order valence-corrected chi connectivity index (χ3v) is 3.88. The average Bonchev–Trinajstić information content (AvgIpc) is 3.12. The summed E-state index contributed by atoms with van der Waals surface area (Å²) in [5.41, 5.74) is 2.50. The molecule has 1 amide bonds. The monoisotopic (exact) mass is 350 g/mol. The maximum atomic E-state index is 12.5. The fourth-order valence-corrected chi connectivity index (χ4v) is 2.61. The predicted octanol–water partition coefficient (Wildman–Crippen LogP) is 4.62. The summed E-state index contributed by atoms with van der Waals surface area (Å²) in [6, 6.07) is 18.8. The van der Waals surface area contributed by atoms with E-state index < -0.39 is 0 Å². The second-order valence-electron chi connectivity index (χ2n) is 6.38. The SMILES string of the molecule is CC(C)Oc1cccc(C(C)NC(=O)c2cc(-c3ccccc3)no2)c1. The molecule has 0 aliphatic carbocycles. The highest BCUT2D eigenvalue weighted by atomic mass is 16.5. The van der Waals surface area contributed by atoms with Crippen molar-refractivity contribution in [1.29, 1.82) is 0 Å². The number of hydrogen-bond acceptors (Lipinski definition) is 4. The van der Waals surface area contributed by atoms with Crippen molar-refractivity contribution in [2.45, 2.75) is 32.9 Å². The first kappa shape index (κ1) is 17.7. The van der Waals surface area contributed by atoms with Gasteiger partial charge in [-0.3, -0.25) is 4.79 Å². The summed E-state index contributed by atoms with van der Waals surface area (Å²) in [5.74, 6) is 0.664. The molecule has 1 N–H and O–H groups in total. The van der Waals surface area contributed by atoms with Crippen LogP contribution in [-0.2, 0) is 0 Å². The molecule has 3 aromatic rings. The largest absolute Gasteiger partial charge is 0.491 e. The van der Waals surface area contributed by atoms with Crippen molar-refractivity contribution in [3.63, 3.8) is 0 Å². The lowest BCUT2D eigenvalue weighted by atomic mass is 10.1. The molecule has 0 bridgehead atoms. The summed E-state index contributed by atoms with van der Waals surface area (Å²) in [5, 5.41) is 6.91. The first-order valence-corrected chi connectivity index (χ1v) is 8.62. The van der Waals surface area contributed by atoms with E-state index in [1.807, 2.05) is 75.4 Å². The number of hydrogen-bond donors (Lipinski definition) is 1. The second-order valence-corrected chi connectivity index (χ2v) is 6.38. The minimum absolute atomic E-state index is 0.0979. The molecule has 1 atom stereocenters. The number of carbonyl (C=O) groups is 1. The molecular formula is C21H22N2O3. The van der Waals surface area contributed by atoms with Gasteiger partial charge in [0, 0.05) is 11.6 Å². The van der Waals surface area contributed by atoms with Crippen molar-refractivity contribution < 1.29 is 14.1 Å².